The van der Waals surface area contributed by atoms with E-state index in [9.17, 15) is 0 Å². The van der Waals surface area contributed by atoms with Gasteiger partial charge in [0.25, 0.3) is 0 Å². The summed E-state index contributed by atoms with van der Waals surface area (Å²) < 4.78 is 6.88. The minimum atomic E-state index is -2.12. The summed E-state index contributed by atoms with van der Waals surface area (Å²) >= 11 is 0. The first-order chi connectivity index (χ1) is 13.1. The van der Waals surface area contributed by atoms with Gasteiger partial charge in [-0.05, 0) is 12.1 Å². The Bertz CT molecular complexity index is 363. The predicted octanol–water partition coefficient (Wildman–Crippen LogP) is 8.52. The molecular formula is C24H46OSi2. The Labute approximate surface area is 172 Å². The third-order valence-electron chi connectivity index (χ3n) is 5.60. The Hall–Kier alpha value is -0.646. The van der Waals surface area contributed by atoms with Crippen LogP contribution in [0.5, 0.6) is 0 Å². The fourth-order valence-corrected chi connectivity index (χ4v) is 11.3. The van der Waals surface area contributed by atoms with Crippen molar-refractivity contribution >= 4 is 16.6 Å². The van der Waals surface area contributed by atoms with E-state index in [0.29, 0.717) is 0 Å². The molecule has 1 nitrogen and oxygen atoms in total. The zero-order valence-electron chi connectivity index (χ0n) is 18.4. The number of unbranched alkanes of at least 4 members (excludes halogenated alkanes) is 10. The molecule has 0 aromatic heterocycles. The van der Waals surface area contributed by atoms with Crippen LogP contribution < -0.4 is 0 Å². The van der Waals surface area contributed by atoms with Crippen LogP contribution in [0.3, 0.4) is 0 Å². The highest BCUT2D eigenvalue weighted by Crippen LogP contribution is 2.29. The highest BCUT2D eigenvalue weighted by atomic mass is 28.4. The molecule has 27 heavy (non-hydrogen) atoms. The van der Waals surface area contributed by atoms with Crippen molar-refractivity contribution in [3.05, 3.63) is 49.1 Å². The van der Waals surface area contributed by atoms with Crippen molar-refractivity contribution in [3.8, 4) is 0 Å². The highest BCUT2D eigenvalue weighted by molar-refractivity contribution is 6.96. The van der Waals surface area contributed by atoms with Gasteiger partial charge < -0.3 is 4.12 Å². The smallest absolute Gasteiger partial charge is 0.229 e. The van der Waals surface area contributed by atoms with Crippen LogP contribution in [0.1, 0.15) is 90.9 Å². The quantitative estimate of drug-likeness (QED) is 0.145. The summed E-state index contributed by atoms with van der Waals surface area (Å²) in [5, 5.41) is 0. The summed E-state index contributed by atoms with van der Waals surface area (Å²) in [6, 6.07) is 2.19. The second kappa shape index (κ2) is 16.3. The fraction of sp³-hybridized carbons (Fsp3) is 0.667. The van der Waals surface area contributed by atoms with E-state index in [1.807, 2.05) is 0 Å². The maximum atomic E-state index is 6.88. The maximum absolute atomic E-state index is 6.88. The third-order valence-corrected chi connectivity index (χ3v) is 13.7. The minimum absolute atomic E-state index is 1.10. The van der Waals surface area contributed by atoms with Gasteiger partial charge >= 0.3 is 0 Å². The standard InChI is InChI=1S/C24H46OSi2/c1-7-13-15-17-19-21-23-26(9-3,10-4)25-27(11-5,12-6)24-22-20-18-16-14-8-2/h9-12H,3-8,13-24H2,1-2H3. The largest absolute Gasteiger partial charge is 0.443 e. The lowest BCUT2D eigenvalue weighted by atomic mass is 10.1. The van der Waals surface area contributed by atoms with Crippen molar-refractivity contribution < 1.29 is 4.12 Å². The first-order valence-electron chi connectivity index (χ1n) is 11.3. The molecule has 0 rings (SSSR count). The van der Waals surface area contributed by atoms with Crippen LogP contribution in [0.4, 0.5) is 0 Å². The van der Waals surface area contributed by atoms with Crippen LogP contribution >= 0.6 is 0 Å². The van der Waals surface area contributed by atoms with E-state index in [1.165, 1.54) is 77.0 Å². The summed E-state index contributed by atoms with van der Waals surface area (Å²) in [6.07, 6.45) is 15.7. The molecule has 0 radical (unpaired) electrons. The molecule has 0 aliphatic rings. The van der Waals surface area contributed by atoms with Gasteiger partial charge in [0, 0.05) is 0 Å². The van der Waals surface area contributed by atoms with E-state index in [-0.39, 0.29) is 0 Å². The first kappa shape index (κ1) is 26.4. The monoisotopic (exact) mass is 406 g/mol. The molecule has 0 aromatic carbocycles. The van der Waals surface area contributed by atoms with E-state index >= 15 is 0 Å². The first-order valence-corrected chi connectivity index (χ1v) is 15.9. The summed E-state index contributed by atoms with van der Waals surface area (Å²) in [5.41, 5.74) is 8.34. The Balaban J connectivity index is 4.69. The maximum Gasteiger partial charge on any atom is 0.229 e. The van der Waals surface area contributed by atoms with E-state index in [0.717, 1.165) is 12.1 Å². The Kier molecular flexibility index (Phi) is 15.9. The summed E-state index contributed by atoms with van der Waals surface area (Å²) in [4.78, 5) is 0. The molecule has 0 spiro atoms. The van der Waals surface area contributed by atoms with Crippen LogP contribution in [0.2, 0.25) is 12.1 Å². The van der Waals surface area contributed by atoms with Gasteiger partial charge in [-0.2, -0.15) is 0 Å². The van der Waals surface area contributed by atoms with E-state index < -0.39 is 16.6 Å². The summed E-state index contributed by atoms with van der Waals surface area (Å²) in [7, 11) is -4.25. The molecule has 0 amide bonds. The molecule has 0 atom stereocenters. The lowest BCUT2D eigenvalue weighted by molar-refractivity contribution is 0.539. The molecule has 0 saturated carbocycles. The second-order valence-electron chi connectivity index (χ2n) is 7.86. The molecule has 0 fully saturated rings. The average molecular weight is 407 g/mol. The normalized spacial score (nSPS) is 11.9. The van der Waals surface area contributed by atoms with Crippen molar-refractivity contribution in [2.45, 2.75) is 103 Å². The molecule has 0 saturated heterocycles. The lowest BCUT2D eigenvalue weighted by Gasteiger charge is -2.36. The topological polar surface area (TPSA) is 9.23 Å². The van der Waals surface area contributed by atoms with Gasteiger partial charge in [0.2, 0.25) is 16.6 Å². The SMILES string of the molecule is C=C[Si](C=C)(CCCCCCCC)O[Si](C=C)(C=C)CCCCCCCC. The Morgan fingerprint density at radius 2 is 0.815 bits per heavy atom. The molecule has 0 heterocycles. The molecule has 0 unspecified atom stereocenters. The van der Waals surface area contributed by atoms with Gasteiger partial charge in [0.05, 0.1) is 0 Å². The van der Waals surface area contributed by atoms with Crippen LogP contribution in [0.25, 0.3) is 0 Å². The average Bonchev–Trinajstić information content (AvgIpc) is 2.71. The molecule has 0 bridgehead atoms. The van der Waals surface area contributed by atoms with Crippen molar-refractivity contribution in [2.24, 2.45) is 0 Å². The Morgan fingerprint density at radius 1 is 0.519 bits per heavy atom. The van der Waals surface area contributed by atoms with Crippen LogP contribution in [-0.2, 0) is 4.12 Å². The van der Waals surface area contributed by atoms with Crippen LogP contribution in [0.15, 0.2) is 49.1 Å². The highest BCUT2D eigenvalue weighted by Gasteiger charge is 2.38. The van der Waals surface area contributed by atoms with Crippen molar-refractivity contribution in [1.82, 2.24) is 0 Å². The fourth-order valence-electron chi connectivity index (χ4n) is 3.56. The lowest BCUT2D eigenvalue weighted by Crippen LogP contribution is -2.48. The van der Waals surface area contributed by atoms with Gasteiger partial charge in [-0.25, -0.2) is 0 Å². The van der Waals surface area contributed by atoms with Crippen molar-refractivity contribution in [1.29, 1.82) is 0 Å². The minimum Gasteiger partial charge on any atom is -0.443 e. The molecule has 0 N–H and O–H groups in total. The summed E-state index contributed by atoms with van der Waals surface area (Å²) in [6.45, 7) is 21.1. The molecule has 3 heteroatoms. The van der Waals surface area contributed by atoms with Crippen LogP contribution in [-0.4, -0.2) is 16.6 Å². The summed E-state index contributed by atoms with van der Waals surface area (Å²) in [5.74, 6) is 0. The predicted molar refractivity (Wildman–Crippen MR) is 130 cm³/mol. The van der Waals surface area contributed by atoms with E-state index in [1.54, 1.807) is 0 Å². The second-order valence-corrected chi connectivity index (χ2v) is 15.1. The van der Waals surface area contributed by atoms with Crippen LogP contribution in [0, 0.1) is 0 Å². The van der Waals surface area contributed by atoms with Gasteiger partial charge in [-0.15, -0.1) is 26.3 Å². The zero-order chi connectivity index (χ0) is 20.4. The Morgan fingerprint density at radius 3 is 1.11 bits per heavy atom. The molecule has 156 valence electrons. The van der Waals surface area contributed by atoms with Gasteiger partial charge in [0.15, 0.2) is 0 Å². The molecule has 0 aromatic rings. The third kappa shape index (κ3) is 11.1. The van der Waals surface area contributed by atoms with E-state index in [4.69, 9.17) is 4.12 Å². The molecule has 0 aliphatic heterocycles. The number of rotatable bonds is 20. The number of hydrogen-bond donors (Lipinski definition) is 0. The van der Waals surface area contributed by atoms with Gasteiger partial charge in [0.1, 0.15) is 0 Å². The van der Waals surface area contributed by atoms with Gasteiger partial charge in [-0.1, -0.05) is 114 Å². The van der Waals surface area contributed by atoms with Gasteiger partial charge in [-0.3, -0.25) is 0 Å². The number of hydrogen-bond acceptors (Lipinski definition) is 1. The molecule has 0 aliphatic carbocycles. The van der Waals surface area contributed by atoms with Crippen molar-refractivity contribution in [3.63, 3.8) is 0 Å². The van der Waals surface area contributed by atoms with Crippen molar-refractivity contribution in [2.75, 3.05) is 0 Å². The van der Waals surface area contributed by atoms with E-state index in [2.05, 4.69) is 63.0 Å². The molecular weight excluding hydrogens is 360 g/mol. The zero-order valence-corrected chi connectivity index (χ0v) is 20.4.